The molecule has 1 N–H and O–H groups in total. The first-order valence-electron chi connectivity index (χ1n) is 10.3. The summed E-state index contributed by atoms with van der Waals surface area (Å²) >= 11 is 0. The quantitative estimate of drug-likeness (QED) is 0.798. The molecule has 0 aliphatic carbocycles. The van der Waals surface area contributed by atoms with Crippen molar-refractivity contribution < 1.29 is 14.0 Å². The summed E-state index contributed by atoms with van der Waals surface area (Å²) in [5.74, 6) is -0.00813. The number of anilines is 1. The Morgan fingerprint density at radius 2 is 1.76 bits per heavy atom. The Kier molecular flexibility index (Phi) is 6.68. The van der Waals surface area contributed by atoms with Gasteiger partial charge in [-0.25, -0.2) is 4.39 Å². The number of hydrogen-bond donors (Lipinski definition) is 1. The van der Waals surface area contributed by atoms with Crippen LogP contribution in [-0.2, 0) is 16.0 Å². The van der Waals surface area contributed by atoms with Gasteiger partial charge >= 0.3 is 0 Å². The standard InChI is InChI=1S/C24H29FN2O2/c1-16(2)21-6-4-5-17(3)23(21)26-24(29)19-11-13-27(14-12-19)22(28)15-18-7-9-20(25)10-8-18/h4-10,16,19H,11-15H2,1-3H3,(H,26,29). The number of nitrogens with one attached hydrogen (secondary N) is 1. The Bertz CT molecular complexity index is 869. The molecule has 2 aromatic carbocycles. The Balaban J connectivity index is 1.56. The molecule has 29 heavy (non-hydrogen) atoms. The van der Waals surface area contributed by atoms with Crippen molar-refractivity contribution in [3.05, 3.63) is 65.0 Å². The number of rotatable bonds is 5. The normalized spacial score (nSPS) is 14.9. The third-order valence-electron chi connectivity index (χ3n) is 5.66. The molecule has 1 heterocycles. The largest absolute Gasteiger partial charge is 0.342 e. The zero-order chi connectivity index (χ0) is 21.0. The van der Waals surface area contributed by atoms with Crippen molar-refractivity contribution >= 4 is 17.5 Å². The highest BCUT2D eigenvalue weighted by Crippen LogP contribution is 2.29. The van der Waals surface area contributed by atoms with Crippen LogP contribution in [0.25, 0.3) is 0 Å². The van der Waals surface area contributed by atoms with Crippen LogP contribution < -0.4 is 5.32 Å². The maximum Gasteiger partial charge on any atom is 0.227 e. The number of carbonyl (C=O) groups excluding carboxylic acids is 2. The van der Waals surface area contributed by atoms with Gasteiger partial charge in [-0.15, -0.1) is 0 Å². The number of hydrogen-bond acceptors (Lipinski definition) is 2. The van der Waals surface area contributed by atoms with Gasteiger partial charge in [-0.1, -0.05) is 44.2 Å². The number of benzene rings is 2. The SMILES string of the molecule is Cc1cccc(C(C)C)c1NC(=O)C1CCN(C(=O)Cc2ccc(F)cc2)CC1. The van der Waals surface area contributed by atoms with Gasteiger partial charge < -0.3 is 10.2 Å². The van der Waals surface area contributed by atoms with E-state index in [4.69, 9.17) is 0 Å². The average molecular weight is 397 g/mol. The number of likely N-dealkylation sites (tertiary alicyclic amines) is 1. The van der Waals surface area contributed by atoms with Crippen LogP contribution in [0.15, 0.2) is 42.5 Å². The van der Waals surface area contributed by atoms with E-state index >= 15 is 0 Å². The molecule has 0 spiro atoms. The molecule has 0 bridgehead atoms. The van der Waals surface area contributed by atoms with Crippen molar-refractivity contribution in [1.82, 2.24) is 4.90 Å². The lowest BCUT2D eigenvalue weighted by atomic mass is 9.94. The molecule has 1 aliphatic heterocycles. The first kappa shape index (κ1) is 21.0. The second-order valence-corrected chi connectivity index (χ2v) is 8.14. The van der Waals surface area contributed by atoms with Gasteiger partial charge in [0.25, 0.3) is 0 Å². The topological polar surface area (TPSA) is 49.4 Å². The summed E-state index contributed by atoms with van der Waals surface area (Å²) in [5.41, 5.74) is 3.93. The molecule has 0 radical (unpaired) electrons. The van der Waals surface area contributed by atoms with Crippen LogP contribution >= 0.6 is 0 Å². The Morgan fingerprint density at radius 3 is 2.38 bits per heavy atom. The molecule has 1 saturated heterocycles. The maximum absolute atomic E-state index is 13.0. The molecule has 0 aromatic heterocycles. The molecule has 0 saturated carbocycles. The fourth-order valence-electron chi connectivity index (χ4n) is 3.85. The fraction of sp³-hybridized carbons (Fsp3) is 0.417. The van der Waals surface area contributed by atoms with Gasteiger partial charge in [-0.05, 0) is 54.5 Å². The predicted octanol–water partition coefficient (Wildman–Crippen LogP) is 4.68. The third kappa shape index (κ3) is 5.22. The second kappa shape index (κ2) is 9.21. The number of aryl methyl sites for hydroxylation is 1. The fourth-order valence-corrected chi connectivity index (χ4v) is 3.85. The van der Waals surface area contributed by atoms with Crippen LogP contribution in [-0.4, -0.2) is 29.8 Å². The van der Waals surface area contributed by atoms with E-state index in [0.29, 0.717) is 31.8 Å². The molecule has 2 aromatic rings. The highest BCUT2D eigenvalue weighted by molar-refractivity contribution is 5.94. The maximum atomic E-state index is 13.0. The summed E-state index contributed by atoms with van der Waals surface area (Å²) in [6.07, 6.45) is 1.58. The zero-order valence-corrected chi connectivity index (χ0v) is 17.4. The molecule has 1 fully saturated rings. The zero-order valence-electron chi connectivity index (χ0n) is 17.4. The minimum Gasteiger partial charge on any atom is -0.342 e. The summed E-state index contributed by atoms with van der Waals surface area (Å²) in [4.78, 5) is 27.2. The van der Waals surface area contributed by atoms with Gasteiger partial charge in [-0.2, -0.15) is 0 Å². The summed E-state index contributed by atoms with van der Waals surface area (Å²) in [6, 6.07) is 12.1. The molecule has 5 heteroatoms. The van der Waals surface area contributed by atoms with Crippen LogP contribution in [0.5, 0.6) is 0 Å². The number of carbonyl (C=O) groups is 2. The highest BCUT2D eigenvalue weighted by atomic mass is 19.1. The van der Waals surface area contributed by atoms with E-state index in [0.717, 1.165) is 22.4 Å². The van der Waals surface area contributed by atoms with Crippen LogP contribution in [0.3, 0.4) is 0 Å². The summed E-state index contributed by atoms with van der Waals surface area (Å²) in [6.45, 7) is 7.40. The lowest BCUT2D eigenvalue weighted by Gasteiger charge is -2.32. The van der Waals surface area contributed by atoms with Crippen molar-refractivity contribution in [3.8, 4) is 0 Å². The lowest BCUT2D eigenvalue weighted by Crippen LogP contribution is -2.42. The van der Waals surface area contributed by atoms with Gasteiger partial charge in [-0.3, -0.25) is 9.59 Å². The Hall–Kier alpha value is -2.69. The Morgan fingerprint density at radius 1 is 1.10 bits per heavy atom. The van der Waals surface area contributed by atoms with E-state index in [9.17, 15) is 14.0 Å². The molecular weight excluding hydrogens is 367 g/mol. The molecule has 154 valence electrons. The first-order valence-corrected chi connectivity index (χ1v) is 10.3. The van der Waals surface area contributed by atoms with E-state index in [-0.39, 0.29) is 30.0 Å². The average Bonchev–Trinajstić information content (AvgIpc) is 2.71. The van der Waals surface area contributed by atoms with E-state index < -0.39 is 0 Å². The molecule has 1 aliphatic rings. The number of halogens is 1. The van der Waals surface area contributed by atoms with Gasteiger partial charge in [0, 0.05) is 24.7 Å². The smallest absolute Gasteiger partial charge is 0.227 e. The number of para-hydroxylation sites is 1. The predicted molar refractivity (Wildman–Crippen MR) is 113 cm³/mol. The van der Waals surface area contributed by atoms with Gasteiger partial charge in [0.15, 0.2) is 0 Å². The molecular formula is C24H29FN2O2. The first-order chi connectivity index (χ1) is 13.8. The lowest BCUT2D eigenvalue weighted by molar-refractivity contribution is -0.133. The van der Waals surface area contributed by atoms with Crippen molar-refractivity contribution in [1.29, 1.82) is 0 Å². The molecule has 2 amide bonds. The number of piperidine rings is 1. The summed E-state index contributed by atoms with van der Waals surface area (Å²) < 4.78 is 13.0. The van der Waals surface area contributed by atoms with E-state index in [1.165, 1.54) is 12.1 Å². The van der Waals surface area contributed by atoms with E-state index in [2.05, 4.69) is 25.2 Å². The number of amides is 2. The molecule has 3 rings (SSSR count). The van der Waals surface area contributed by atoms with Gasteiger partial charge in [0.05, 0.1) is 6.42 Å². The third-order valence-corrected chi connectivity index (χ3v) is 5.66. The molecule has 0 atom stereocenters. The van der Waals surface area contributed by atoms with Crippen LogP contribution in [0.2, 0.25) is 0 Å². The van der Waals surface area contributed by atoms with Crippen LogP contribution in [0.4, 0.5) is 10.1 Å². The summed E-state index contributed by atoms with van der Waals surface area (Å²) in [7, 11) is 0. The molecule has 4 nitrogen and oxygen atoms in total. The van der Waals surface area contributed by atoms with Crippen molar-refractivity contribution in [3.63, 3.8) is 0 Å². The van der Waals surface area contributed by atoms with Crippen molar-refractivity contribution in [2.24, 2.45) is 5.92 Å². The van der Waals surface area contributed by atoms with E-state index in [1.54, 1.807) is 17.0 Å². The van der Waals surface area contributed by atoms with Crippen molar-refractivity contribution in [2.75, 3.05) is 18.4 Å². The van der Waals surface area contributed by atoms with Crippen LogP contribution in [0.1, 0.15) is 49.3 Å². The van der Waals surface area contributed by atoms with Gasteiger partial charge in [0.1, 0.15) is 5.82 Å². The molecule has 0 unspecified atom stereocenters. The van der Waals surface area contributed by atoms with Crippen molar-refractivity contribution in [2.45, 2.75) is 46.0 Å². The Labute approximate surface area is 172 Å². The second-order valence-electron chi connectivity index (χ2n) is 8.14. The highest BCUT2D eigenvalue weighted by Gasteiger charge is 2.28. The van der Waals surface area contributed by atoms with Gasteiger partial charge in [0.2, 0.25) is 11.8 Å². The number of nitrogens with zero attached hydrogens (tertiary/aromatic N) is 1. The minimum atomic E-state index is -0.303. The summed E-state index contributed by atoms with van der Waals surface area (Å²) in [5, 5.41) is 3.14. The monoisotopic (exact) mass is 396 g/mol. The minimum absolute atomic E-state index is 0.0245. The van der Waals surface area contributed by atoms with E-state index in [1.807, 2.05) is 19.1 Å². The van der Waals surface area contributed by atoms with Crippen LogP contribution in [0, 0.1) is 18.7 Å².